The number of hydrogen-bond donors (Lipinski definition) is 0. The Morgan fingerprint density at radius 3 is 1.41 bits per heavy atom. The van der Waals surface area contributed by atoms with Crippen molar-refractivity contribution in [3.05, 3.63) is 24.3 Å². The van der Waals surface area contributed by atoms with E-state index >= 15 is 0 Å². The first kappa shape index (κ1) is 32.4. The van der Waals surface area contributed by atoms with Crippen LogP contribution < -0.4 is 0 Å². The van der Waals surface area contributed by atoms with Gasteiger partial charge in [-0.15, -0.1) is 0 Å². The molecule has 1 atom stereocenters. The maximum Gasteiger partial charge on any atom is 0.561 e. The zero-order chi connectivity index (χ0) is 28.1. The first-order valence-electron chi connectivity index (χ1n) is 11.9. The van der Waals surface area contributed by atoms with Gasteiger partial charge in [0.1, 0.15) is 26.4 Å². The van der Waals surface area contributed by atoms with Crippen LogP contribution in [0.4, 0.5) is 0 Å². The smallest absolute Gasteiger partial charge is 0.462 e. The number of nitrogens with zero attached hydrogens (tertiary/aromatic N) is 1. The SMILES string of the molecule is C=C(C)C(=O)OCCOC(=O)CC[N+]1(CCC(=O)OCCOC(=O)C(=C)C)CCC1[Si](OC)(OC)OC. The largest absolute Gasteiger partial charge is 0.561 e. The molecule has 1 aliphatic heterocycles. The van der Waals surface area contributed by atoms with Crippen molar-refractivity contribution in [3.63, 3.8) is 0 Å². The van der Waals surface area contributed by atoms with Crippen molar-refractivity contribution >= 4 is 32.7 Å². The number of quaternary nitrogens is 1. The number of rotatable bonds is 18. The van der Waals surface area contributed by atoms with Gasteiger partial charge in [-0.3, -0.25) is 9.59 Å². The Kier molecular flexibility index (Phi) is 13.7. The second kappa shape index (κ2) is 15.6. The molecule has 0 aromatic carbocycles. The molecule has 0 spiro atoms. The van der Waals surface area contributed by atoms with Crippen molar-refractivity contribution in [3.8, 4) is 0 Å². The molecular weight excluding hydrogens is 506 g/mol. The zero-order valence-electron chi connectivity index (χ0n) is 22.5. The van der Waals surface area contributed by atoms with Crippen LogP contribution in [0.3, 0.4) is 0 Å². The molecule has 1 unspecified atom stereocenters. The van der Waals surface area contributed by atoms with Crippen molar-refractivity contribution in [1.29, 1.82) is 0 Å². The normalized spacial score (nSPS) is 16.2. The summed E-state index contributed by atoms with van der Waals surface area (Å²) in [5, 5.41) is 0. The summed E-state index contributed by atoms with van der Waals surface area (Å²) >= 11 is 0. The lowest BCUT2D eigenvalue weighted by atomic mass is 10.1. The Balaban J connectivity index is 2.71. The highest BCUT2D eigenvalue weighted by atomic mass is 28.4. The number of ether oxygens (including phenoxy) is 4. The molecule has 1 rings (SSSR count). The van der Waals surface area contributed by atoms with Crippen LogP contribution in [0.1, 0.15) is 33.1 Å². The maximum atomic E-state index is 12.4. The fourth-order valence-electron chi connectivity index (χ4n) is 4.04. The van der Waals surface area contributed by atoms with E-state index in [1.807, 2.05) is 0 Å². The maximum absolute atomic E-state index is 12.4. The highest BCUT2D eigenvalue weighted by Crippen LogP contribution is 2.37. The molecule has 13 heteroatoms. The van der Waals surface area contributed by atoms with Crippen molar-refractivity contribution in [2.75, 3.05) is 67.4 Å². The van der Waals surface area contributed by atoms with Crippen LogP contribution in [0.2, 0.25) is 0 Å². The summed E-state index contributed by atoms with van der Waals surface area (Å²) in [6.07, 6.45) is 0.871. The van der Waals surface area contributed by atoms with Gasteiger partial charge in [0.2, 0.25) is 0 Å². The summed E-state index contributed by atoms with van der Waals surface area (Å²) in [5.41, 5.74) is 0.339. The molecule has 0 aromatic heterocycles. The predicted molar refractivity (Wildman–Crippen MR) is 133 cm³/mol. The first-order valence-corrected chi connectivity index (χ1v) is 13.7. The van der Waals surface area contributed by atoms with Gasteiger partial charge < -0.3 is 36.7 Å². The van der Waals surface area contributed by atoms with Crippen molar-refractivity contribution in [1.82, 2.24) is 0 Å². The fourth-order valence-corrected chi connectivity index (χ4v) is 6.90. The highest BCUT2D eigenvalue weighted by Gasteiger charge is 2.64. The quantitative estimate of drug-likeness (QED) is 0.0611. The van der Waals surface area contributed by atoms with E-state index in [4.69, 9.17) is 32.2 Å². The van der Waals surface area contributed by atoms with Crippen molar-refractivity contribution in [2.45, 2.75) is 38.8 Å². The van der Waals surface area contributed by atoms with Crippen LogP contribution in [0.5, 0.6) is 0 Å². The molecule has 0 saturated carbocycles. The van der Waals surface area contributed by atoms with E-state index in [1.165, 1.54) is 35.2 Å². The van der Waals surface area contributed by atoms with E-state index in [1.54, 1.807) is 0 Å². The Morgan fingerprint density at radius 1 is 0.730 bits per heavy atom. The number of likely N-dealkylation sites (tertiary alicyclic amines) is 1. The van der Waals surface area contributed by atoms with Crippen LogP contribution in [0.25, 0.3) is 0 Å². The lowest BCUT2D eigenvalue weighted by Gasteiger charge is -2.55. The minimum Gasteiger partial charge on any atom is -0.462 e. The van der Waals surface area contributed by atoms with E-state index in [2.05, 4.69) is 13.2 Å². The molecule has 1 heterocycles. The van der Waals surface area contributed by atoms with Crippen LogP contribution in [-0.2, 0) is 51.4 Å². The lowest BCUT2D eigenvalue weighted by Crippen LogP contribution is -2.77. The number of carbonyl (C=O) groups excluding carboxylic acids is 4. The monoisotopic (exact) mass is 546 g/mol. The Hall–Kier alpha value is -2.58. The Morgan fingerprint density at radius 2 is 1.11 bits per heavy atom. The van der Waals surface area contributed by atoms with Gasteiger partial charge in [0.05, 0.1) is 38.9 Å². The molecule has 0 N–H and O–H groups in total. The van der Waals surface area contributed by atoms with E-state index < -0.39 is 32.7 Å². The average molecular weight is 547 g/mol. The summed E-state index contributed by atoms with van der Waals surface area (Å²) in [6, 6.07) is 0. The van der Waals surface area contributed by atoms with Gasteiger partial charge in [-0.2, -0.15) is 0 Å². The van der Waals surface area contributed by atoms with Gasteiger partial charge in [-0.25, -0.2) is 9.59 Å². The molecule has 0 radical (unpaired) electrons. The van der Waals surface area contributed by atoms with Crippen LogP contribution in [0.15, 0.2) is 24.3 Å². The van der Waals surface area contributed by atoms with Crippen LogP contribution >= 0.6 is 0 Å². The highest BCUT2D eigenvalue weighted by molar-refractivity contribution is 6.62. The minimum absolute atomic E-state index is 0.0679. The molecular formula is C24H40NO11Si+. The van der Waals surface area contributed by atoms with E-state index in [0.717, 1.165) is 6.42 Å². The molecule has 1 aliphatic rings. The van der Waals surface area contributed by atoms with E-state index in [-0.39, 0.29) is 56.1 Å². The van der Waals surface area contributed by atoms with Gasteiger partial charge >= 0.3 is 32.7 Å². The van der Waals surface area contributed by atoms with E-state index in [0.29, 0.717) is 24.1 Å². The zero-order valence-corrected chi connectivity index (χ0v) is 23.5. The lowest BCUT2D eigenvalue weighted by molar-refractivity contribution is -0.979. The summed E-state index contributed by atoms with van der Waals surface area (Å²) in [4.78, 5) is 47.6. The molecule has 0 aliphatic carbocycles. The molecule has 1 saturated heterocycles. The molecule has 0 bridgehead atoms. The van der Waals surface area contributed by atoms with Crippen LogP contribution in [0, 0.1) is 0 Å². The molecule has 12 nitrogen and oxygen atoms in total. The topological polar surface area (TPSA) is 133 Å². The van der Waals surface area contributed by atoms with Gasteiger partial charge in [0, 0.05) is 32.5 Å². The van der Waals surface area contributed by atoms with Gasteiger partial charge in [-0.1, -0.05) is 13.2 Å². The number of hydrogen-bond acceptors (Lipinski definition) is 11. The summed E-state index contributed by atoms with van der Waals surface area (Å²) in [5.74, 6) is -2.03. The Bertz CT molecular complexity index is 782. The summed E-state index contributed by atoms with van der Waals surface area (Å²) < 4.78 is 37.6. The summed E-state index contributed by atoms with van der Waals surface area (Å²) in [6.45, 7) is 11.2. The molecule has 37 heavy (non-hydrogen) atoms. The third-order valence-electron chi connectivity index (χ3n) is 6.15. The van der Waals surface area contributed by atoms with Crippen molar-refractivity contribution < 1.29 is 55.9 Å². The second-order valence-electron chi connectivity index (χ2n) is 8.68. The second-order valence-corrected chi connectivity index (χ2v) is 11.8. The van der Waals surface area contributed by atoms with Gasteiger partial charge in [-0.05, 0) is 13.8 Å². The first-order chi connectivity index (χ1) is 17.5. The standard InChI is InChI=1S/C24H40NO11Si/c1-18(2)23(28)35-16-14-33-21(26)9-12-25(11-8-20(25)37(30-5,31-6)32-7)13-10-22(27)34-15-17-36-24(29)19(3)4/h20H,1,3,8-17H2,2,4-7H3/q+1. The van der Waals surface area contributed by atoms with Gasteiger partial charge in [0.15, 0.2) is 5.67 Å². The van der Waals surface area contributed by atoms with Crippen molar-refractivity contribution in [2.24, 2.45) is 0 Å². The number of carbonyl (C=O) groups is 4. The number of esters is 4. The minimum atomic E-state index is -3.09. The molecule has 1 fully saturated rings. The summed E-state index contributed by atoms with van der Waals surface area (Å²) in [7, 11) is 1.48. The third-order valence-corrected chi connectivity index (χ3v) is 9.51. The van der Waals surface area contributed by atoms with Crippen LogP contribution in [-0.4, -0.2) is 110 Å². The Labute approximate surface area is 219 Å². The molecule has 210 valence electrons. The van der Waals surface area contributed by atoms with Gasteiger partial charge in [0.25, 0.3) is 0 Å². The average Bonchev–Trinajstić information content (AvgIpc) is 2.86. The van der Waals surface area contributed by atoms with E-state index in [9.17, 15) is 19.2 Å². The molecule has 0 aromatic rings. The molecule has 0 amide bonds. The fraction of sp³-hybridized carbons (Fsp3) is 0.667. The predicted octanol–water partition coefficient (Wildman–Crippen LogP) is 1.10. The third kappa shape index (κ3) is 9.67.